The predicted molar refractivity (Wildman–Crippen MR) is 134 cm³/mol. The first-order valence-electron chi connectivity index (χ1n) is 11.6. The summed E-state index contributed by atoms with van der Waals surface area (Å²) in [5.41, 5.74) is 1.44. The van der Waals surface area contributed by atoms with Gasteiger partial charge in [-0.15, -0.1) is 0 Å². The number of amides is 1. The van der Waals surface area contributed by atoms with Gasteiger partial charge in [0, 0.05) is 6.54 Å². The van der Waals surface area contributed by atoms with Crippen LogP contribution < -0.4 is 14.9 Å². The highest BCUT2D eigenvalue weighted by Gasteiger charge is 2.43. The molecule has 6 nitrogen and oxygen atoms in total. The third kappa shape index (κ3) is 4.13. The first-order valence-corrected chi connectivity index (χ1v) is 11.6. The number of carbonyl (C=O) groups is 1. The standard InChI is InChI=1S/C29H24FNO5/c1-3-14-35-23-12-10-19(15-24(23)34-4-2)26-25-27(32)21-16-20(30)11-13-22(21)36-28(25)29(33)31(26)17-18-8-6-5-7-9-18/h3,5-13,15-16,26H,1,4,14,17H2,2H3. The number of ether oxygens (including phenoxy) is 2. The van der Waals surface area contributed by atoms with Crippen molar-refractivity contribution < 1.29 is 23.1 Å². The second kappa shape index (κ2) is 9.70. The summed E-state index contributed by atoms with van der Waals surface area (Å²) in [6.45, 7) is 6.47. The van der Waals surface area contributed by atoms with Crippen LogP contribution in [0.25, 0.3) is 11.0 Å². The van der Waals surface area contributed by atoms with Crippen molar-refractivity contribution in [1.82, 2.24) is 4.90 Å². The van der Waals surface area contributed by atoms with E-state index in [-0.39, 0.29) is 28.8 Å². The minimum Gasteiger partial charge on any atom is -0.490 e. The molecule has 0 fully saturated rings. The molecule has 1 aromatic heterocycles. The molecule has 0 radical (unpaired) electrons. The summed E-state index contributed by atoms with van der Waals surface area (Å²) in [6.07, 6.45) is 1.63. The third-order valence-corrected chi connectivity index (χ3v) is 6.06. The highest BCUT2D eigenvalue weighted by molar-refractivity contribution is 5.99. The van der Waals surface area contributed by atoms with Crippen LogP contribution >= 0.6 is 0 Å². The lowest BCUT2D eigenvalue weighted by Crippen LogP contribution is -2.29. The maximum absolute atomic E-state index is 14.0. The Kier molecular flexibility index (Phi) is 6.29. The second-order valence-corrected chi connectivity index (χ2v) is 8.37. The van der Waals surface area contributed by atoms with Crippen LogP contribution in [0.4, 0.5) is 4.39 Å². The van der Waals surface area contributed by atoms with Crippen molar-refractivity contribution >= 4 is 16.9 Å². The Morgan fingerprint density at radius 2 is 1.83 bits per heavy atom. The van der Waals surface area contributed by atoms with E-state index >= 15 is 0 Å². The van der Waals surface area contributed by atoms with E-state index < -0.39 is 23.2 Å². The van der Waals surface area contributed by atoms with E-state index in [4.69, 9.17) is 13.9 Å². The maximum Gasteiger partial charge on any atom is 0.291 e. The lowest BCUT2D eigenvalue weighted by atomic mass is 9.97. The minimum absolute atomic E-state index is 0.0371. The molecule has 7 heteroatoms. The van der Waals surface area contributed by atoms with Gasteiger partial charge in [-0.05, 0) is 48.4 Å². The van der Waals surface area contributed by atoms with Crippen molar-refractivity contribution in [2.24, 2.45) is 0 Å². The molecular weight excluding hydrogens is 461 g/mol. The van der Waals surface area contributed by atoms with Gasteiger partial charge < -0.3 is 18.8 Å². The molecule has 5 rings (SSSR count). The van der Waals surface area contributed by atoms with Gasteiger partial charge in [0.25, 0.3) is 5.91 Å². The highest BCUT2D eigenvalue weighted by atomic mass is 19.1. The Balaban J connectivity index is 1.70. The largest absolute Gasteiger partial charge is 0.490 e. The average Bonchev–Trinajstić information content (AvgIpc) is 3.16. The summed E-state index contributed by atoms with van der Waals surface area (Å²) in [5.74, 6) is -0.00266. The van der Waals surface area contributed by atoms with E-state index in [1.165, 1.54) is 12.1 Å². The van der Waals surface area contributed by atoms with Gasteiger partial charge in [-0.3, -0.25) is 9.59 Å². The van der Waals surface area contributed by atoms with E-state index in [1.54, 1.807) is 29.2 Å². The van der Waals surface area contributed by atoms with Crippen molar-refractivity contribution in [3.05, 3.63) is 118 Å². The Morgan fingerprint density at radius 1 is 1.03 bits per heavy atom. The summed E-state index contributed by atoms with van der Waals surface area (Å²) >= 11 is 0. The van der Waals surface area contributed by atoms with Gasteiger partial charge in [-0.1, -0.05) is 49.1 Å². The van der Waals surface area contributed by atoms with Crippen molar-refractivity contribution in [3.8, 4) is 11.5 Å². The molecule has 0 aliphatic carbocycles. The van der Waals surface area contributed by atoms with Crippen molar-refractivity contribution in [1.29, 1.82) is 0 Å². The quantitative estimate of drug-likeness (QED) is 0.302. The van der Waals surface area contributed by atoms with Crippen LogP contribution in [-0.2, 0) is 6.54 Å². The number of hydrogen-bond donors (Lipinski definition) is 0. The molecule has 2 heterocycles. The number of benzene rings is 3. The average molecular weight is 486 g/mol. The number of hydrogen-bond acceptors (Lipinski definition) is 5. The molecule has 182 valence electrons. The molecular formula is C29H24FNO5. The normalized spacial score (nSPS) is 14.7. The molecule has 4 aromatic rings. The summed E-state index contributed by atoms with van der Waals surface area (Å²) in [6, 6.07) is 17.7. The molecule has 0 bridgehead atoms. The molecule has 3 aromatic carbocycles. The summed E-state index contributed by atoms with van der Waals surface area (Å²) in [5, 5.41) is 0.0871. The number of rotatable bonds is 8. The zero-order valence-electron chi connectivity index (χ0n) is 19.7. The SMILES string of the molecule is C=CCOc1ccc(C2c3c(oc4ccc(F)cc4c3=O)C(=O)N2Cc2ccccc2)cc1OCC. The summed E-state index contributed by atoms with van der Waals surface area (Å²) in [7, 11) is 0. The molecule has 0 saturated heterocycles. The number of carbonyl (C=O) groups excluding carboxylic acids is 1. The summed E-state index contributed by atoms with van der Waals surface area (Å²) < 4.78 is 31.4. The molecule has 1 unspecified atom stereocenters. The van der Waals surface area contributed by atoms with Gasteiger partial charge in [-0.25, -0.2) is 4.39 Å². The Hall–Kier alpha value is -4.39. The van der Waals surface area contributed by atoms with Gasteiger partial charge in [-0.2, -0.15) is 0 Å². The molecule has 1 atom stereocenters. The maximum atomic E-state index is 14.0. The van der Waals surface area contributed by atoms with Crippen molar-refractivity contribution in [2.45, 2.75) is 19.5 Å². The Bertz CT molecular complexity index is 1510. The number of halogens is 1. The zero-order valence-corrected chi connectivity index (χ0v) is 19.7. The van der Waals surface area contributed by atoms with Gasteiger partial charge >= 0.3 is 0 Å². The lowest BCUT2D eigenvalue weighted by molar-refractivity contribution is 0.0714. The van der Waals surface area contributed by atoms with Crippen LogP contribution in [0.15, 0.2) is 88.6 Å². The lowest BCUT2D eigenvalue weighted by Gasteiger charge is -2.26. The fraction of sp³-hybridized carbons (Fsp3) is 0.172. The molecule has 0 spiro atoms. The first kappa shape index (κ1) is 23.4. The van der Waals surface area contributed by atoms with E-state index in [0.717, 1.165) is 11.6 Å². The van der Waals surface area contributed by atoms with Crippen LogP contribution in [0.1, 0.15) is 40.2 Å². The summed E-state index contributed by atoms with van der Waals surface area (Å²) in [4.78, 5) is 28.9. The first-order chi connectivity index (χ1) is 17.5. The molecule has 1 aliphatic rings. The molecule has 1 aliphatic heterocycles. The Morgan fingerprint density at radius 3 is 2.58 bits per heavy atom. The smallest absolute Gasteiger partial charge is 0.291 e. The van der Waals surface area contributed by atoms with Gasteiger partial charge in [0.1, 0.15) is 18.0 Å². The molecule has 36 heavy (non-hydrogen) atoms. The van der Waals surface area contributed by atoms with Gasteiger partial charge in [0.15, 0.2) is 16.9 Å². The second-order valence-electron chi connectivity index (χ2n) is 8.37. The number of fused-ring (bicyclic) bond motifs is 2. The van der Waals surface area contributed by atoms with E-state index in [9.17, 15) is 14.0 Å². The van der Waals surface area contributed by atoms with Crippen molar-refractivity contribution in [3.63, 3.8) is 0 Å². The highest BCUT2D eigenvalue weighted by Crippen LogP contribution is 2.41. The fourth-order valence-electron chi connectivity index (χ4n) is 4.51. The topological polar surface area (TPSA) is 69.0 Å². The van der Waals surface area contributed by atoms with Crippen LogP contribution in [0.5, 0.6) is 11.5 Å². The number of nitrogens with zero attached hydrogens (tertiary/aromatic N) is 1. The fourth-order valence-corrected chi connectivity index (χ4v) is 4.51. The zero-order chi connectivity index (χ0) is 25.2. The van der Waals surface area contributed by atoms with Crippen LogP contribution in [0.2, 0.25) is 0 Å². The Labute approximate surface area is 207 Å². The van der Waals surface area contributed by atoms with E-state index in [2.05, 4.69) is 6.58 Å². The van der Waals surface area contributed by atoms with E-state index in [1.807, 2.05) is 37.3 Å². The van der Waals surface area contributed by atoms with Gasteiger partial charge in [0.2, 0.25) is 5.76 Å². The predicted octanol–water partition coefficient (Wildman–Crippen LogP) is 5.64. The minimum atomic E-state index is -0.760. The molecule has 0 N–H and O–H groups in total. The van der Waals surface area contributed by atoms with Gasteiger partial charge in [0.05, 0.1) is 23.6 Å². The van der Waals surface area contributed by atoms with Crippen molar-refractivity contribution in [2.75, 3.05) is 13.2 Å². The van der Waals surface area contributed by atoms with Crippen LogP contribution in [-0.4, -0.2) is 24.0 Å². The third-order valence-electron chi connectivity index (χ3n) is 6.06. The molecule has 0 saturated carbocycles. The van der Waals surface area contributed by atoms with E-state index in [0.29, 0.717) is 30.3 Å². The molecule has 1 amide bonds. The van der Waals surface area contributed by atoms with Crippen LogP contribution in [0.3, 0.4) is 0 Å². The van der Waals surface area contributed by atoms with Crippen LogP contribution in [0, 0.1) is 5.82 Å². The monoisotopic (exact) mass is 485 g/mol.